The van der Waals surface area contributed by atoms with E-state index in [1.54, 1.807) is 12.3 Å². The van der Waals surface area contributed by atoms with E-state index in [1.165, 1.54) is 0 Å². The molecule has 1 N–H and O–H groups in total. The fourth-order valence-corrected chi connectivity index (χ4v) is 3.34. The summed E-state index contributed by atoms with van der Waals surface area (Å²) in [4.78, 5) is 6.20. The lowest BCUT2D eigenvalue weighted by atomic mass is 10.2. The Morgan fingerprint density at radius 1 is 0.963 bits per heavy atom. The summed E-state index contributed by atoms with van der Waals surface area (Å²) >= 11 is 24.0. The molecule has 1 aromatic heterocycles. The Labute approximate surface area is 178 Å². The molecule has 3 rings (SSSR count). The first kappa shape index (κ1) is 19.9. The Hall–Kier alpha value is -1.85. The van der Waals surface area contributed by atoms with Crippen molar-refractivity contribution in [2.75, 3.05) is 5.32 Å². The number of nitrogens with one attached hydrogen (secondary N) is 1. The van der Waals surface area contributed by atoms with Crippen LogP contribution in [-0.4, -0.2) is 15.0 Å². The Morgan fingerprint density at radius 3 is 2.37 bits per heavy atom. The van der Waals surface area contributed by atoms with Gasteiger partial charge in [-0.25, -0.2) is 0 Å². The standard InChI is InChI=1S/C20H16Cl3N3S/c21-16-5-7-18(8-6-16)25-20(27)26(12-14-2-1-9-24-11-14)13-15-3-4-17(22)10-19(15)23/h1-11H,12-13H2,(H,25,27). The minimum absolute atomic E-state index is 0.532. The molecule has 0 aliphatic heterocycles. The average molecular weight is 437 g/mol. The number of hydrogen-bond acceptors (Lipinski definition) is 2. The molecule has 0 radical (unpaired) electrons. The molecule has 0 fully saturated rings. The highest BCUT2D eigenvalue weighted by molar-refractivity contribution is 7.80. The molecule has 0 aliphatic carbocycles. The van der Waals surface area contributed by atoms with Gasteiger partial charge in [0.25, 0.3) is 0 Å². The third-order valence-corrected chi connectivity index (χ3v) is 5.05. The highest BCUT2D eigenvalue weighted by Crippen LogP contribution is 2.23. The van der Waals surface area contributed by atoms with Gasteiger partial charge in [-0.3, -0.25) is 4.98 Å². The SMILES string of the molecule is S=C(Nc1ccc(Cl)cc1)N(Cc1cccnc1)Cc1ccc(Cl)cc1Cl. The van der Waals surface area contributed by atoms with Crippen molar-refractivity contribution in [1.82, 2.24) is 9.88 Å². The van der Waals surface area contributed by atoms with Crippen LogP contribution < -0.4 is 5.32 Å². The van der Waals surface area contributed by atoms with Crippen molar-refractivity contribution in [2.45, 2.75) is 13.1 Å². The second-order valence-corrected chi connectivity index (χ2v) is 7.56. The summed E-state index contributed by atoms with van der Waals surface area (Å²) in [5.41, 5.74) is 2.84. The quantitative estimate of drug-likeness (QED) is 0.466. The van der Waals surface area contributed by atoms with Crippen molar-refractivity contribution in [3.05, 3.63) is 93.2 Å². The van der Waals surface area contributed by atoms with Crippen molar-refractivity contribution in [2.24, 2.45) is 0 Å². The average Bonchev–Trinajstić information content (AvgIpc) is 2.66. The Kier molecular flexibility index (Phi) is 6.91. The number of rotatable bonds is 5. The van der Waals surface area contributed by atoms with Gasteiger partial charge in [0.05, 0.1) is 0 Å². The van der Waals surface area contributed by atoms with Crippen molar-refractivity contribution in [3.8, 4) is 0 Å². The van der Waals surface area contributed by atoms with Crippen molar-refractivity contribution < 1.29 is 0 Å². The van der Waals surface area contributed by atoms with Gasteiger partial charge >= 0.3 is 0 Å². The number of hydrogen-bond donors (Lipinski definition) is 1. The van der Waals surface area contributed by atoms with Crippen LogP contribution in [0.5, 0.6) is 0 Å². The summed E-state index contributed by atoms with van der Waals surface area (Å²) in [6.07, 6.45) is 3.57. The van der Waals surface area contributed by atoms with Gasteiger partial charge in [-0.2, -0.15) is 0 Å². The smallest absolute Gasteiger partial charge is 0.174 e. The summed E-state index contributed by atoms with van der Waals surface area (Å²) in [7, 11) is 0. The molecule has 0 saturated carbocycles. The lowest BCUT2D eigenvalue weighted by Gasteiger charge is -2.26. The van der Waals surface area contributed by atoms with Gasteiger partial charge in [-0.15, -0.1) is 0 Å². The van der Waals surface area contributed by atoms with Crippen LogP contribution in [0, 0.1) is 0 Å². The fourth-order valence-electron chi connectivity index (χ4n) is 2.50. The van der Waals surface area contributed by atoms with Crippen LogP contribution in [0.15, 0.2) is 67.0 Å². The molecule has 0 aliphatic rings. The van der Waals surface area contributed by atoms with Crippen LogP contribution >= 0.6 is 47.0 Å². The minimum Gasteiger partial charge on any atom is -0.340 e. The maximum absolute atomic E-state index is 6.36. The predicted octanol–water partition coefficient (Wildman–Crippen LogP) is 6.44. The zero-order valence-electron chi connectivity index (χ0n) is 14.2. The number of anilines is 1. The third kappa shape index (κ3) is 5.81. The summed E-state index contributed by atoms with van der Waals surface area (Å²) in [6, 6.07) is 16.8. The number of halogens is 3. The highest BCUT2D eigenvalue weighted by atomic mass is 35.5. The molecule has 7 heteroatoms. The van der Waals surface area contributed by atoms with E-state index in [-0.39, 0.29) is 0 Å². The van der Waals surface area contributed by atoms with Crippen molar-refractivity contribution in [1.29, 1.82) is 0 Å². The van der Waals surface area contributed by atoms with Gasteiger partial charge < -0.3 is 10.2 Å². The number of aromatic nitrogens is 1. The zero-order chi connectivity index (χ0) is 19.2. The van der Waals surface area contributed by atoms with E-state index in [1.807, 2.05) is 59.6 Å². The van der Waals surface area contributed by atoms with E-state index in [0.29, 0.717) is 33.3 Å². The molecular weight excluding hydrogens is 421 g/mol. The van der Waals surface area contributed by atoms with E-state index < -0.39 is 0 Å². The van der Waals surface area contributed by atoms with Gasteiger partial charge in [-0.05, 0) is 65.8 Å². The topological polar surface area (TPSA) is 28.2 Å². The van der Waals surface area contributed by atoms with Crippen LogP contribution in [0.4, 0.5) is 5.69 Å². The Morgan fingerprint density at radius 2 is 1.70 bits per heavy atom. The summed E-state index contributed by atoms with van der Waals surface area (Å²) in [5, 5.41) is 5.70. The number of pyridine rings is 1. The first-order valence-corrected chi connectivity index (χ1v) is 9.70. The molecule has 2 aromatic carbocycles. The van der Waals surface area contributed by atoms with E-state index in [2.05, 4.69) is 10.3 Å². The molecule has 1 heterocycles. The van der Waals surface area contributed by atoms with Crippen LogP contribution in [-0.2, 0) is 13.1 Å². The summed E-state index contributed by atoms with van der Waals surface area (Å²) < 4.78 is 0. The first-order chi connectivity index (χ1) is 13.0. The van der Waals surface area contributed by atoms with Gasteiger partial charge in [0.1, 0.15) is 0 Å². The molecule has 0 atom stereocenters. The van der Waals surface area contributed by atoms with E-state index in [4.69, 9.17) is 47.0 Å². The molecular formula is C20H16Cl3N3S. The largest absolute Gasteiger partial charge is 0.340 e. The van der Waals surface area contributed by atoms with E-state index in [9.17, 15) is 0 Å². The van der Waals surface area contributed by atoms with Gasteiger partial charge in [0.15, 0.2) is 5.11 Å². The van der Waals surface area contributed by atoms with Gasteiger partial charge in [-0.1, -0.05) is 46.9 Å². The predicted molar refractivity (Wildman–Crippen MR) is 118 cm³/mol. The third-order valence-electron chi connectivity index (χ3n) is 3.86. The lowest BCUT2D eigenvalue weighted by Crippen LogP contribution is -2.34. The van der Waals surface area contributed by atoms with Crippen molar-refractivity contribution >= 4 is 57.8 Å². The van der Waals surface area contributed by atoms with E-state index in [0.717, 1.165) is 16.8 Å². The Bertz CT molecular complexity index is 918. The maximum Gasteiger partial charge on any atom is 0.174 e. The monoisotopic (exact) mass is 435 g/mol. The van der Waals surface area contributed by atoms with Gasteiger partial charge in [0.2, 0.25) is 0 Å². The molecule has 0 unspecified atom stereocenters. The number of nitrogens with zero attached hydrogens (tertiary/aromatic N) is 2. The second-order valence-electron chi connectivity index (χ2n) is 5.89. The number of thiocarbonyl (C=S) groups is 1. The van der Waals surface area contributed by atoms with Gasteiger partial charge in [0, 0.05) is 46.2 Å². The molecule has 0 amide bonds. The normalized spacial score (nSPS) is 10.5. The summed E-state index contributed by atoms with van der Waals surface area (Å²) in [5.74, 6) is 0. The molecule has 27 heavy (non-hydrogen) atoms. The van der Waals surface area contributed by atoms with Crippen LogP contribution in [0.1, 0.15) is 11.1 Å². The highest BCUT2D eigenvalue weighted by Gasteiger charge is 2.14. The van der Waals surface area contributed by atoms with Crippen LogP contribution in [0.25, 0.3) is 0 Å². The lowest BCUT2D eigenvalue weighted by molar-refractivity contribution is 0.412. The molecule has 0 spiro atoms. The molecule has 3 aromatic rings. The maximum atomic E-state index is 6.36. The number of benzene rings is 2. The molecule has 0 saturated heterocycles. The zero-order valence-corrected chi connectivity index (χ0v) is 17.3. The first-order valence-electron chi connectivity index (χ1n) is 8.15. The van der Waals surface area contributed by atoms with Crippen LogP contribution in [0.3, 0.4) is 0 Å². The Balaban J connectivity index is 1.81. The molecule has 0 bridgehead atoms. The fraction of sp³-hybridized carbons (Fsp3) is 0.100. The van der Waals surface area contributed by atoms with E-state index >= 15 is 0 Å². The van der Waals surface area contributed by atoms with Crippen LogP contribution in [0.2, 0.25) is 15.1 Å². The second kappa shape index (κ2) is 9.38. The summed E-state index contributed by atoms with van der Waals surface area (Å²) in [6.45, 7) is 1.12. The molecule has 138 valence electrons. The van der Waals surface area contributed by atoms with Crippen molar-refractivity contribution in [3.63, 3.8) is 0 Å². The minimum atomic E-state index is 0.532. The molecule has 3 nitrogen and oxygen atoms in total.